The van der Waals surface area contributed by atoms with Crippen molar-refractivity contribution >= 4 is 49.2 Å². The van der Waals surface area contributed by atoms with E-state index in [1.165, 1.54) is 42.5 Å². The SMILES string of the molecule is COc1ccc(S(=O)(=O)[C@@H]2C[C@@H](C(=O)NC3(C#N)CC3)N(C(=O)C3(c4ncc(Br)cc4F)CC3)C2)c(Cl)c1. The summed E-state index contributed by atoms with van der Waals surface area (Å²) in [5, 5.41) is 10.9. The molecule has 1 aliphatic heterocycles. The van der Waals surface area contributed by atoms with Gasteiger partial charge in [-0.05, 0) is 66.2 Å². The molecule has 5 rings (SSSR count). The van der Waals surface area contributed by atoms with Crippen molar-refractivity contribution in [2.75, 3.05) is 13.7 Å². The van der Waals surface area contributed by atoms with Crippen LogP contribution in [0.4, 0.5) is 4.39 Å². The number of nitrogens with one attached hydrogen (secondary N) is 1. The molecule has 200 valence electrons. The number of aromatic nitrogens is 1. The van der Waals surface area contributed by atoms with Gasteiger partial charge in [0.05, 0.1) is 39.5 Å². The number of amides is 2. The summed E-state index contributed by atoms with van der Waals surface area (Å²) in [5.74, 6) is -1.47. The third-order valence-corrected chi connectivity index (χ3v) is 10.5. The van der Waals surface area contributed by atoms with Gasteiger partial charge in [0.1, 0.15) is 23.1 Å². The number of benzene rings is 1. The highest BCUT2D eigenvalue weighted by Crippen LogP contribution is 2.51. The molecular weight excluding hydrogens is 603 g/mol. The number of methoxy groups -OCH3 is 1. The van der Waals surface area contributed by atoms with Gasteiger partial charge in [0.2, 0.25) is 11.8 Å². The number of halogens is 3. The Morgan fingerprint density at radius 1 is 1.29 bits per heavy atom. The van der Waals surface area contributed by atoms with Crippen LogP contribution in [0.25, 0.3) is 0 Å². The van der Waals surface area contributed by atoms with Crippen LogP contribution in [0.15, 0.2) is 39.8 Å². The predicted octanol–water partition coefficient (Wildman–Crippen LogP) is 3.29. The van der Waals surface area contributed by atoms with Crippen LogP contribution < -0.4 is 10.1 Å². The lowest BCUT2D eigenvalue weighted by atomic mass is 9.98. The zero-order valence-corrected chi connectivity index (χ0v) is 23.4. The van der Waals surface area contributed by atoms with Gasteiger partial charge in [-0.1, -0.05) is 11.6 Å². The molecule has 9 nitrogen and oxygen atoms in total. The molecule has 0 radical (unpaired) electrons. The zero-order valence-electron chi connectivity index (χ0n) is 20.2. The van der Waals surface area contributed by atoms with Gasteiger partial charge in [-0.15, -0.1) is 0 Å². The molecule has 2 aromatic rings. The quantitative estimate of drug-likeness (QED) is 0.500. The van der Waals surface area contributed by atoms with Gasteiger partial charge in [0.25, 0.3) is 0 Å². The van der Waals surface area contributed by atoms with E-state index in [0.717, 1.165) is 0 Å². The summed E-state index contributed by atoms with van der Waals surface area (Å²) in [7, 11) is -2.66. The van der Waals surface area contributed by atoms with Gasteiger partial charge in [-0.3, -0.25) is 14.6 Å². The average molecular weight is 626 g/mol. The van der Waals surface area contributed by atoms with Crippen LogP contribution in [0.2, 0.25) is 5.02 Å². The Hall–Kier alpha value is -2.75. The Morgan fingerprint density at radius 3 is 2.55 bits per heavy atom. The molecule has 3 aliphatic rings. The van der Waals surface area contributed by atoms with E-state index in [1.807, 2.05) is 0 Å². The first-order chi connectivity index (χ1) is 18.0. The molecule has 2 heterocycles. The first-order valence-electron chi connectivity index (χ1n) is 11.9. The molecule has 13 heteroatoms. The average Bonchev–Trinajstić information content (AvgIpc) is 3.80. The van der Waals surface area contributed by atoms with Gasteiger partial charge in [-0.2, -0.15) is 5.26 Å². The Balaban J connectivity index is 1.49. The second-order valence-corrected chi connectivity index (χ2v) is 13.4. The molecule has 1 aromatic carbocycles. The molecule has 1 N–H and O–H groups in total. The fourth-order valence-electron chi connectivity index (χ4n) is 4.94. The highest BCUT2D eigenvalue weighted by Gasteiger charge is 2.60. The molecule has 38 heavy (non-hydrogen) atoms. The summed E-state index contributed by atoms with van der Waals surface area (Å²) >= 11 is 9.43. The van der Waals surface area contributed by atoms with Crippen LogP contribution in [0, 0.1) is 17.1 Å². The third kappa shape index (κ3) is 4.54. The minimum absolute atomic E-state index is 0.0370. The maximum absolute atomic E-state index is 14.9. The molecule has 2 aliphatic carbocycles. The van der Waals surface area contributed by atoms with Gasteiger partial charge in [0.15, 0.2) is 9.84 Å². The topological polar surface area (TPSA) is 129 Å². The molecule has 3 fully saturated rings. The second kappa shape index (κ2) is 9.47. The Bertz CT molecular complexity index is 1490. The van der Waals surface area contributed by atoms with Crippen LogP contribution in [0.1, 0.15) is 37.8 Å². The zero-order chi connectivity index (χ0) is 27.5. The van der Waals surface area contributed by atoms with Crippen molar-refractivity contribution in [2.24, 2.45) is 0 Å². The number of pyridine rings is 1. The van der Waals surface area contributed by atoms with Crippen molar-refractivity contribution in [3.05, 3.63) is 51.5 Å². The van der Waals surface area contributed by atoms with E-state index in [9.17, 15) is 27.7 Å². The summed E-state index contributed by atoms with van der Waals surface area (Å²) in [6, 6.07) is 6.29. The number of carbonyl (C=O) groups is 2. The van der Waals surface area contributed by atoms with E-state index < -0.39 is 49.7 Å². The number of carbonyl (C=O) groups excluding carboxylic acids is 2. The monoisotopic (exact) mass is 624 g/mol. The Kier molecular flexibility index (Phi) is 6.69. The molecule has 1 saturated heterocycles. The smallest absolute Gasteiger partial charge is 0.244 e. The molecule has 1 aromatic heterocycles. The van der Waals surface area contributed by atoms with Crippen LogP contribution in [-0.2, 0) is 24.8 Å². The lowest BCUT2D eigenvalue weighted by Crippen LogP contribution is -2.52. The van der Waals surface area contributed by atoms with E-state index >= 15 is 0 Å². The number of rotatable bonds is 7. The number of sulfone groups is 1. The summed E-state index contributed by atoms with van der Waals surface area (Å²) < 4.78 is 47.7. The van der Waals surface area contributed by atoms with E-state index in [0.29, 0.717) is 35.9 Å². The molecule has 0 spiro atoms. The molecule has 2 saturated carbocycles. The number of ether oxygens (including phenoxy) is 1. The van der Waals surface area contributed by atoms with Crippen molar-refractivity contribution in [1.82, 2.24) is 15.2 Å². The number of likely N-dealkylation sites (tertiary alicyclic amines) is 1. The van der Waals surface area contributed by atoms with Crippen molar-refractivity contribution in [3.63, 3.8) is 0 Å². The molecule has 2 amide bonds. The number of hydrogen-bond acceptors (Lipinski definition) is 7. The van der Waals surface area contributed by atoms with Crippen molar-refractivity contribution in [2.45, 2.75) is 59.2 Å². The highest BCUT2D eigenvalue weighted by molar-refractivity contribution is 9.10. The first-order valence-corrected chi connectivity index (χ1v) is 14.6. The van der Waals surface area contributed by atoms with E-state index in [4.69, 9.17) is 16.3 Å². The van der Waals surface area contributed by atoms with Crippen LogP contribution in [0.3, 0.4) is 0 Å². The predicted molar refractivity (Wildman–Crippen MR) is 138 cm³/mol. The van der Waals surface area contributed by atoms with Crippen LogP contribution in [-0.4, -0.2) is 60.6 Å². The third-order valence-electron chi connectivity index (χ3n) is 7.46. The van der Waals surface area contributed by atoms with Gasteiger partial charge < -0.3 is 15.0 Å². The maximum atomic E-state index is 14.9. The van der Waals surface area contributed by atoms with Crippen molar-refractivity contribution in [1.29, 1.82) is 5.26 Å². The highest BCUT2D eigenvalue weighted by atomic mass is 79.9. The second-order valence-electron chi connectivity index (χ2n) is 9.92. The number of hydrogen-bond donors (Lipinski definition) is 1. The Labute approximate surface area is 232 Å². The minimum Gasteiger partial charge on any atom is -0.497 e. The summed E-state index contributed by atoms with van der Waals surface area (Å²) in [5.41, 5.74) is -2.34. The lowest BCUT2D eigenvalue weighted by molar-refractivity contribution is -0.140. The van der Waals surface area contributed by atoms with Crippen molar-refractivity contribution < 1.29 is 27.1 Å². The summed E-state index contributed by atoms with van der Waals surface area (Å²) in [6.07, 6.45) is 2.75. The lowest BCUT2D eigenvalue weighted by Gasteiger charge is -2.28. The van der Waals surface area contributed by atoms with Crippen molar-refractivity contribution in [3.8, 4) is 11.8 Å². The molecule has 0 unspecified atom stereocenters. The summed E-state index contributed by atoms with van der Waals surface area (Å²) in [4.78, 5) is 32.5. The van der Waals surface area contributed by atoms with E-state index in [-0.39, 0.29) is 28.6 Å². The van der Waals surface area contributed by atoms with Gasteiger partial charge in [0, 0.05) is 23.3 Å². The fourth-order valence-corrected chi connectivity index (χ4v) is 7.48. The maximum Gasteiger partial charge on any atom is 0.244 e. The Morgan fingerprint density at radius 2 is 2.00 bits per heavy atom. The standard InChI is InChI=1S/C25H23BrClFN4O5S/c1-37-15-2-3-20(17(27)9-15)38(35,36)16-10-19(22(33)31-24(13-29)4-5-24)32(12-16)23(34)25(6-7-25)21-18(28)8-14(26)11-30-21/h2-3,8-9,11,16,19H,4-7,10,12H2,1H3,(H,31,33)/t16-,19+/m1/s1. The molecular formula is C25H23BrClFN4O5S. The van der Waals surface area contributed by atoms with Crippen LogP contribution >= 0.6 is 27.5 Å². The summed E-state index contributed by atoms with van der Waals surface area (Å²) in [6.45, 7) is -0.291. The van der Waals surface area contributed by atoms with Crippen LogP contribution in [0.5, 0.6) is 5.75 Å². The van der Waals surface area contributed by atoms with Gasteiger partial charge >= 0.3 is 0 Å². The van der Waals surface area contributed by atoms with E-state index in [2.05, 4.69) is 32.3 Å². The van der Waals surface area contributed by atoms with Gasteiger partial charge in [-0.25, -0.2) is 12.8 Å². The molecule has 2 atom stereocenters. The largest absolute Gasteiger partial charge is 0.497 e. The first kappa shape index (κ1) is 26.8. The normalized spacial score (nSPS) is 22.9. The minimum atomic E-state index is -4.09. The van der Waals surface area contributed by atoms with E-state index in [1.54, 1.807) is 0 Å². The number of nitrogens with zero attached hydrogens (tertiary/aromatic N) is 3. The molecule has 0 bridgehead atoms. The number of nitriles is 1. The fraction of sp³-hybridized carbons (Fsp3) is 0.440.